The topological polar surface area (TPSA) is 93.7 Å². The van der Waals surface area contributed by atoms with Crippen LogP contribution >= 0.6 is 11.6 Å². The van der Waals surface area contributed by atoms with Crippen LogP contribution in [-0.4, -0.2) is 24.6 Å². The van der Waals surface area contributed by atoms with Crippen molar-refractivity contribution in [2.75, 3.05) is 17.2 Å². The molecule has 0 saturated carbocycles. The molecule has 0 atom stereocenters. The van der Waals surface area contributed by atoms with Crippen molar-refractivity contribution in [3.05, 3.63) is 88.9 Å². The van der Waals surface area contributed by atoms with Gasteiger partial charge < -0.3 is 20.1 Å². The third kappa shape index (κ3) is 7.36. The van der Waals surface area contributed by atoms with Crippen LogP contribution in [0.25, 0.3) is 0 Å². The molecule has 0 aliphatic heterocycles. The number of hydrogen-bond acceptors (Lipinski definition) is 5. The van der Waals surface area contributed by atoms with Crippen LogP contribution in [0.5, 0.6) is 5.75 Å². The maximum absolute atomic E-state index is 12.4. The summed E-state index contributed by atoms with van der Waals surface area (Å²) < 4.78 is 9.67. The first-order valence-electron chi connectivity index (χ1n) is 10.3. The van der Waals surface area contributed by atoms with Crippen LogP contribution in [0, 0.1) is 0 Å². The molecule has 7 nitrogen and oxygen atoms in total. The van der Waals surface area contributed by atoms with Crippen LogP contribution in [0.2, 0.25) is 5.02 Å². The molecule has 0 spiro atoms. The summed E-state index contributed by atoms with van der Waals surface area (Å²) in [7, 11) is 0. The molecule has 0 aliphatic rings. The summed E-state index contributed by atoms with van der Waals surface area (Å²) in [6.07, 6.45) is 0.0483. The van der Waals surface area contributed by atoms with Crippen LogP contribution in [-0.2, 0) is 16.0 Å². The Bertz CT molecular complexity index is 1110. The number of benzene rings is 3. The summed E-state index contributed by atoms with van der Waals surface area (Å²) in [5.74, 6) is -0.175. The molecule has 0 aromatic heterocycles. The number of ether oxygens (including phenoxy) is 2. The van der Waals surface area contributed by atoms with Gasteiger partial charge in [0.05, 0.1) is 6.61 Å². The Morgan fingerprint density at radius 3 is 2.12 bits per heavy atom. The van der Waals surface area contributed by atoms with Crippen molar-refractivity contribution in [2.24, 2.45) is 0 Å². The van der Waals surface area contributed by atoms with Gasteiger partial charge in [-0.3, -0.25) is 9.59 Å². The fraction of sp³-hybridized carbons (Fsp3) is 0.160. The monoisotopic (exact) mass is 466 g/mol. The van der Waals surface area contributed by atoms with E-state index in [0.29, 0.717) is 34.8 Å². The fourth-order valence-electron chi connectivity index (χ4n) is 2.93. The zero-order chi connectivity index (χ0) is 23.6. The Kier molecular flexibility index (Phi) is 8.43. The minimum atomic E-state index is -0.800. The van der Waals surface area contributed by atoms with E-state index in [9.17, 15) is 14.4 Å². The second kappa shape index (κ2) is 11.7. The average molecular weight is 467 g/mol. The molecule has 0 heterocycles. The molecular formula is C25H23ClN2O5. The highest BCUT2D eigenvalue weighted by molar-refractivity contribution is 6.31. The normalized spacial score (nSPS) is 10.2. The van der Waals surface area contributed by atoms with Gasteiger partial charge in [-0.1, -0.05) is 29.8 Å². The lowest BCUT2D eigenvalue weighted by Gasteiger charge is -2.09. The zero-order valence-electron chi connectivity index (χ0n) is 18.0. The number of aryl methyl sites for hydroxylation is 1. The number of carbonyl (C=O) groups is 3. The van der Waals surface area contributed by atoms with Gasteiger partial charge in [-0.15, -0.1) is 0 Å². The van der Waals surface area contributed by atoms with Gasteiger partial charge >= 0.3 is 6.16 Å². The van der Waals surface area contributed by atoms with Gasteiger partial charge in [0.2, 0.25) is 5.91 Å². The molecular weight excluding hydrogens is 444 g/mol. The zero-order valence-corrected chi connectivity index (χ0v) is 18.7. The van der Waals surface area contributed by atoms with E-state index in [1.807, 2.05) is 18.2 Å². The number of rotatable bonds is 8. The summed E-state index contributed by atoms with van der Waals surface area (Å²) in [5.41, 5.74) is 2.51. The Morgan fingerprint density at radius 1 is 0.848 bits per heavy atom. The molecule has 8 heteroatoms. The number of hydrogen-bond donors (Lipinski definition) is 2. The number of carbonyl (C=O) groups excluding carboxylic acids is 3. The van der Waals surface area contributed by atoms with Crippen LogP contribution in [0.4, 0.5) is 16.2 Å². The van der Waals surface area contributed by atoms with Crippen LogP contribution in [0.15, 0.2) is 72.8 Å². The van der Waals surface area contributed by atoms with Crippen molar-refractivity contribution < 1.29 is 23.9 Å². The van der Waals surface area contributed by atoms with Gasteiger partial charge in [-0.25, -0.2) is 4.79 Å². The molecule has 0 radical (unpaired) electrons. The quantitative estimate of drug-likeness (QED) is 0.328. The van der Waals surface area contributed by atoms with Gasteiger partial charge in [0, 0.05) is 28.4 Å². The maximum atomic E-state index is 12.4. The smallest absolute Gasteiger partial charge is 0.434 e. The Labute approximate surface area is 196 Å². The van der Waals surface area contributed by atoms with Gasteiger partial charge in [0.25, 0.3) is 5.91 Å². The number of nitrogens with one attached hydrogen (secondary N) is 2. The van der Waals surface area contributed by atoms with Crippen molar-refractivity contribution in [3.63, 3.8) is 0 Å². The van der Waals surface area contributed by atoms with Gasteiger partial charge in [0.15, 0.2) is 0 Å². The van der Waals surface area contributed by atoms with E-state index in [4.69, 9.17) is 21.1 Å². The van der Waals surface area contributed by atoms with E-state index in [-0.39, 0.29) is 24.2 Å². The highest BCUT2D eigenvalue weighted by Crippen LogP contribution is 2.19. The van der Waals surface area contributed by atoms with E-state index in [0.717, 1.165) is 5.56 Å². The molecule has 33 heavy (non-hydrogen) atoms. The van der Waals surface area contributed by atoms with E-state index >= 15 is 0 Å². The highest BCUT2D eigenvalue weighted by atomic mass is 35.5. The second-order valence-corrected chi connectivity index (χ2v) is 7.39. The Hall–Kier alpha value is -3.84. The van der Waals surface area contributed by atoms with Crippen molar-refractivity contribution in [1.29, 1.82) is 0 Å². The molecule has 2 amide bonds. The average Bonchev–Trinajstić information content (AvgIpc) is 2.80. The molecule has 0 fully saturated rings. The summed E-state index contributed by atoms with van der Waals surface area (Å²) >= 11 is 6.12. The van der Waals surface area contributed by atoms with Crippen molar-refractivity contribution in [1.82, 2.24) is 0 Å². The Morgan fingerprint density at radius 2 is 1.48 bits per heavy atom. The van der Waals surface area contributed by atoms with E-state index in [1.165, 1.54) is 24.3 Å². The van der Waals surface area contributed by atoms with Crippen molar-refractivity contribution in [3.8, 4) is 5.75 Å². The standard InChI is InChI=1S/C25H23ClN2O5/c1-2-32-25(31)33-21-14-7-18(8-15-21)24(30)28-20-12-10-19(11-13-20)27-23(29)16-9-17-5-3-4-6-22(17)26/h3-8,10-15H,2,9,16H2,1H3,(H,27,29)(H,28,30). The van der Waals surface area contributed by atoms with Gasteiger partial charge in [0.1, 0.15) is 5.75 Å². The first-order valence-corrected chi connectivity index (χ1v) is 10.7. The first-order chi connectivity index (χ1) is 15.9. The second-order valence-electron chi connectivity index (χ2n) is 6.98. The number of anilines is 2. The lowest BCUT2D eigenvalue weighted by atomic mass is 10.1. The van der Waals surface area contributed by atoms with E-state index in [1.54, 1.807) is 37.3 Å². The first kappa shape index (κ1) is 23.8. The van der Waals surface area contributed by atoms with Gasteiger partial charge in [-0.05, 0) is 73.5 Å². The van der Waals surface area contributed by atoms with Gasteiger partial charge in [-0.2, -0.15) is 0 Å². The molecule has 3 aromatic carbocycles. The lowest BCUT2D eigenvalue weighted by Crippen LogP contribution is -2.14. The number of halogens is 1. The predicted octanol–water partition coefficient (Wildman–Crippen LogP) is 5.70. The number of amides is 2. The molecule has 0 aliphatic carbocycles. The summed E-state index contributed by atoms with van der Waals surface area (Å²) in [4.78, 5) is 36.0. The molecule has 170 valence electrons. The maximum Gasteiger partial charge on any atom is 0.513 e. The van der Waals surface area contributed by atoms with E-state index < -0.39 is 6.16 Å². The summed E-state index contributed by atoms with van der Waals surface area (Å²) in [6, 6.07) is 20.3. The van der Waals surface area contributed by atoms with Crippen molar-refractivity contribution in [2.45, 2.75) is 19.8 Å². The van der Waals surface area contributed by atoms with E-state index in [2.05, 4.69) is 10.6 Å². The lowest BCUT2D eigenvalue weighted by molar-refractivity contribution is -0.116. The van der Waals surface area contributed by atoms with Crippen LogP contribution in [0.1, 0.15) is 29.3 Å². The van der Waals surface area contributed by atoms with Crippen LogP contribution < -0.4 is 15.4 Å². The summed E-state index contributed by atoms with van der Waals surface area (Å²) in [6.45, 7) is 1.89. The molecule has 0 bridgehead atoms. The molecule has 0 unspecified atom stereocenters. The molecule has 0 saturated heterocycles. The van der Waals surface area contributed by atoms with Crippen LogP contribution in [0.3, 0.4) is 0 Å². The van der Waals surface area contributed by atoms with Crippen molar-refractivity contribution >= 4 is 40.9 Å². The molecule has 3 rings (SSSR count). The molecule has 2 N–H and O–H groups in total. The minimum Gasteiger partial charge on any atom is -0.434 e. The largest absolute Gasteiger partial charge is 0.513 e. The SMILES string of the molecule is CCOC(=O)Oc1ccc(C(=O)Nc2ccc(NC(=O)CCc3ccccc3Cl)cc2)cc1. The fourth-order valence-corrected chi connectivity index (χ4v) is 3.16. The third-order valence-electron chi connectivity index (χ3n) is 4.59. The highest BCUT2D eigenvalue weighted by Gasteiger charge is 2.10. The Balaban J connectivity index is 1.49. The molecule has 3 aromatic rings. The third-order valence-corrected chi connectivity index (χ3v) is 4.95. The summed E-state index contributed by atoms with van der Waals surface area (Å²) in [5, 5.41) is 6.25. The predicted molar refractivity (Wildman–Crippen MR) is 127 cm³/mol. The minimum absolute atomic E-state index is 0.128.